The summed E-state index contributed by atoms with van der Waals surface area (Å²) in [6, 6.07) is 0. The van der Waals surface area contributed by atoms with Gasteiger partial charge in [-0.05, 0) is 13.3 Å². The molecule has 1 rings (SSSR count). The molecule has 0 radical (unpaired) electrons. The molecule has 1 fully saturated rings. The van der Waals surface area contributed by atoms with Gasteiger partial charge in [0.1, 0.15) is 0 Å². The van der Waals surface area contributed by atoms with Crippen LogP contribution in [0.15, 0.2) is 0 Å². The van der Waals surface area contributed by atoms with Crippen molar-refractivity contribution >= 4 is 5.91 Å². The van der Waals surface area contributed by atoms with Crippen molar-refractivity contribution in [1.82, 2.24) is 4.90 Å². The number of likely N-dealkylation sites (tertiary alicyclic amines) is 1. The molecule has 1 aliphatic rings. The van der Waals surface area contributed by atoms with Crippen LogP contribution >= 0.6 is 0 Å². The predicted octanol–water partition coefficient (Wildman–Crippen LogP) is 1.91. The summed E-state index contributed by atoms with van der Waals surface area (Å²) in [6.45, 7) is 5.67. The van der Waals surface area contributed by atoms with Crippen LogP contribution in [0, 0.1) is 0 Å². The van der Waals surface area contributed by atoms with Crippen LogP contribution < -0.4 is 5.73 Å². The van der Waals surface area contributed by atoms with Gasteiger partial charge in [-0.25, -0.2) is 0 Å². The summed E-state index contributed by atoms with van der Waals surface area (Å²) in [7, 11) is 0. The highest BCUT2D eigenvalue weighted by Crippen LogP contribution is 2.18. The Kier molecular flexibility index (Phi) is 4.58. The molecule has 1 amide bonds. The molecule has 2 N–H and O–H groups in total. The van der Waals surface area contributed by atoms with Gasteiger partial charge in [0, 0.05) is 25.0 Å². The number of carbonyl (C=O) groups is 1. The predicted molar refractivity (Wildman–Crippen MR) is 62.5 cm³/mol. The van der Waals surface area contributed by atoms with Gasteiger partial charge in [-0.2, -0.15) is 0 Å². The van der Waals surface area contributed by atoms with Gasteiger partial charge in [0.05, 0.1) is 0 Å². The minimum Gasteiger partial charge on any atom is -0.339 e. The first kappa shape index (κ1) is 12.5. The quantitative estimate of drug-likeness (QED) is 0.684. The van der Waals surface area contributed by atoms with Crippen molar-refractivity contribution in [2.24, 2.45) is 5.73 Å². The van der Waals surface area contributed by atoms with E-state index in [9.17, 15) is 4.79 Å². The first-order chi connectivity index (χ1) is 7.05. The lowest BCUT2D eigenvalue weighted by Gasteiger charge is -2.45. The van der Waals surface area contributed by atoms with Crippen LogP contribution in [0.4, 0.5) is 0 Å². The van der Waals surface area contributed by atoms with Gasteiger partial charge in [0.25, 0.3) is 0 Å². The topological polar surface area (TPSA) is 46.3 Å². The van der Waals surface area contributed by atoms with Crippen LogP contribution in [0.1, 0.15) is 52.4 Å². The number of rotatable bonds is 6. The smallest absolute Gasteiger partial charge is 0.222 e. The van der Waals surface area contributed by atoms with E-state index in [0.29, 0.717) is 6.42 Å². The van der Waals surface area contributed by atoms with Gasteiger partial charge in [0.15, 0.2) is 0 Å². The van der Waals surface area contributed by atoms with E-state index >= 15 is 0 Å². The molecule has 3 heteroatoms. The lowest BCUT2D eigenvalue weighted by Crippen LogP contribution is -2.66. The monoisotopic (exact) mass is 212 g/mol. The van der Waals surface area contributed by atoms with Crippen LogP contribution in [-0.4, -0.2) is 29.4 Å². The van der Waals surface area contributed by atoms with Crippen LogP contribution in [0.3, 0.4) is 0 Å². The minimum atomic E-state index is -0.127. The van der Waals surface area contributed by atoms with Crippen LogP contribution in [-0.2, 0) is 4.79 Å². The third-order valence-electron chi connectivity index (χ3n) is 2.95. The standard InChI is InChI=1S/C12H24N2O/c1-3-4-5-6-7-8-11(15)14-9-12(2,13)10-14/h3-10,13H2,1-2H3. The second-order valence-corrected chi connectivity index (χ2v) is 5.07. The van der Waals surface area contributed by atoms with Crippen LogP contribution in [0.25, 0.3) is 0 Å². The van der Waals surface area contributed by atoms with Gasteiger partial charge in [-0.1, -0.05) is 32.6 Å². The summed E-state index contributed by atoms with van der Waals surface area (Å²) in [5, 5.41) is 0. The second kappa shape index (κ2) is 5.50. The van der Waals surface area contributed by atoms with Gasteiger partial charge in [-0.15, -0.1) is 0 Å². The van der Waals surface area contributed by atoms with Gasteiger partial charge in [0.2, 0.25) is 5.91 Å². The first-order valence-electron chi connectivity index (χ1n) is 6.12. The van der Waals surface area contributed by atoms with Crippen molar-refractivity contribution in [3.05, 3.63) is 0 Å². The fourth-order valence-electron chi connectivity index (χ4n) is 2.04. The molecule has 1 saturated heterocycles. The van der Waals surface area contributed by atoms with Crippen molar-refractivity contribution in [2.45, 2.75) is 57.9 Å². The molecular weight excluding hydrogens is 188 g/mol. The van der Waals surface area contributed by atoms with Crippen LogP contribution in [0.5, 0.6) is 0 Å². The van der Waals surface area contributed by atoms with Crippen molar-refractivity contribution in [2.75, 3.05) is 13.1 Å². The van der Waals surface area contributed by atoms with E-state index in [4.69, 9.17) is 5.73 Å². The highest BCUT2D eigenvalue weighted by atomic mass is 16.2. The summed E-state index contributed by atoms with van der Waals surface area (Å²) in [5.41, 5.74) is 5.72. The van der Waals surface area contributed by atoms with Gasteiger partial charge in [-0.3, -0.25) is 4.79 Å². The zero-order chi connectivity index (χ0) is 11.3. The zero-order valence-electron chi connectivity index (χ0n) is 10.1. The Bertz CT molecular complexity index is 206. The summed E-state index contributed by atoms with van der Waals surface area (Å²) >= 11 is 0. The molecule has 88 valence electrons. The zero-order valence-corrected chi connectivity index (χ0v) is 10.1. The third kappa shape index (κ3) is 4.20. The average Bonchev–Trinajstić information content (AvgIpc) is 2.13. The molecule has 3 nitrogen and oxygen atoms in total. The highest BCUT2D eigenvalue weighted by Gasteiger charge is 2.37. The molecule has 0 unspecified atom stereocenters. The van der Waals surface area contributed by atoms with E-state index in [1.807, 2.05) is 11.8 Å². The summed E-state index contributed by atoms with van der Waals surface area (Å²) in [4.78, 5) is 13.5. The molecule has 0 aromatic rings. The molecule has 0 spiro atoms. The first-order valence-corrected chi connectivity index (χ1v) is 6.12. The minimum absolute atomic E-state index is 0.127. The number of hydrogen-bond donors (Lipinski definition) is 1. The third-order valence-corrected chi connectivity index (χ3v) is 2.95. The molecule has 0 bridgehead atoms. The lowest BCUT2D eigenvalue weighted by molar-refractivity contribution is -0.138. The molecule has 1 aliphatic heterocycles. The fraction of sp³-hybridized carbons (Fsp3) is 0.917. The number of amides is 1. The molecule has 15 heavy (non-hydrogen) atoms. The SMILES string of the molecule is CCCCCCCC(=O)N1CC(C)(N)C1. The molecular formula is C12H24N2O. The van der Waals surface area contributed by atoms with Crippen molar-refractivity contribution in [1.29, 1.82) is 0 Å². The molecule has 0 saturated carbocycles. The Balaban J connectivity index is 2.00. The summed E-state index contributed by atoms with van der Waals surface area (Å²) in [5.74, 6) is 0.287. The maximum Gasteiger partial charge on any atom is 0.222 e. The van der Waals surface area contributed by atoms with E-state index in [-0.39, 0.29) is 11.4 Å². The molecule has 0 aromatic carbocycles. The Morgan fingerprint density at radius 2 is 1.87 bits per heavy atom. The van der Waals surface area contributed by atoms with E-state index < -0.39 is 0 Å². The van der Waals surface area contributed by atoms with Crippen molar-refractivity contribution in [3.63, 3.8) is 0 Å². The van der Waals surface area contributed by atoms with Gasteiger partial charge < -0.3 is 10.6 Å². The summed E-state index contributed by atoms with van der Waals surface area (Å²) in [6.07, 6.45) is 6.74. The Morgan fingerprint density at radius 3 is 2.40 bits per heavy atom. The Morgan fingerprint density at radius 1 is 1.27 bits per heavy atom. The highest BCUT2D eigenvalue weighted by molar-refractivity contribution is 5.77. The Hall–Kier alpha value is -0.570. The molecule has 1 heterocycles. The molecule has 0 atom stereocenters. The fourth-order valence-corrected chi connectivity index (χ4v) is 2.04. The van der Waals surface area contributed by atoms with E-state index in [1.165, 1.54) is 25.7 Å². The van der Waals surface area contributed by atoms with E-state index in [1.54, 1.807) is 0 Å². The van der Waals surface area contributed by atoms with E-state index in [2.05, 4.69) is 6.92 Å². The Labute approximate surface area is 93.0 Å². The maximum absolute atomic E-state index is 11.6. The molecule has 0 aliphatic carbocycles. The number of carbonyl (C=O) groups excluding carboxylic acids is 1. The van der Waals surface area contributed by atoms with E-state index in [0.717, 1.165) is 19.5 Å². The maximum atomic E-state index is 11.6. The van der Waals surface area contributed by atoms with Crippen molar-refractivity contribution in [3.8, 4) is 0 Å². The van der Waals surface area contributed by atoms with Gasteiger partial charge >= 0.3 is 0 Å². The number of hydrogen-bond acceptors (Lipinski definition) is 2. The largest absolute Gasteiger partial charge is 0.339 e. The van der Waals surface area contributed by atoms with Crippen molar-refractivity contribution < 1.29 is 4.79 Å². The summed E-state index contributed by atoms with van der Waals surface area (Å²) < 4.78 is 0. The van der Waals surface area contributed by atoms with Crippen LogP contribution in [0.2, 0.25) is 0 Å². The average molecular weight is 212 g/mol. The number of nitrogens with two attached hydrogens (primary N) is 1. The number of unbranched alkanes of at least 4 members (excludes halogenated alkanes) is 4. The lowest BCUT2D eigenvalue weighted by atomic mass is 9.93. The number of nitrogens with zero attached hydrogens (tertiary/aromatic N) is 1. The normalized spacial score (nSPS) is 18.7. The second-order valence-electron chi connectivity index (χ2n) is 5.07. The molecule has 0 aromatic heterocycles.